The summed E-state index contributed by atoms with van der Waals surface area (Å²) in [5.41, 5.74) is 7.18. The molecule has 0 amide bonds. The zero-order chi connectivity index (χ0) is 14.9. The summed E-state index contributed by atoms with van der Waals surface area (Å²) in [6.07, 6.45) is 0. The van der Waals surface area contributed by atoms with E-state index in [-0.39, 0.29) is 16.4 Å². The van der Waals surface area contributed by atoms with Gasteiger partial charge in [-0.2, -0.15) is 0 Å². The fourth-order valence-electron chi connectivity index (χ4n) is 1.82. The zero-order valence-corrected chi connectivity index (χ0v) is 11.6. The first-order chi connectivity index (χ1) is 9.29. The number of primary sulfonamides is 1. The summed E-state index contributed by atoms with van der Waals surface area (Å²) >= 11 is 0. The van der Waals surface area contributed by atoms with Gasteiger partial charge in [0.05, 0.1) is 5.69 Å². The summed E-state index contributed by atoms with van der Waals surface area (Å²) in [6.45, 7) is 0. The van der Waals surface area contributed by atoms with Crippen molar-refractivity contribution in [2.75, 3.05) is 17.7 Å². The molecule has 7 heteroatoms. The maximum Gasteiger partial charge on any atom is 0.240 e. The first-order valence-electron chi connectivity index (χ1n) is 5.70. The van der Waals surface area contributed by atoms with Crippen molar-refractivity contribution in [3.8, 4) is 0 Å². The standard InChI is InChI=1S/C13H14FN3O2S/c1-17(10-4-2-9(14)3-5-10)11-6-7-13(12(15)8-11)20(16,18)19/h2-8H,15H2,1H3,(H2,16,18,19). The van der Waals surface area contributed by atoms with Gasteiger partial charge in [-0.1, -0.05) is 0 Å². The SMILES string of the molecule is CN(c1ccc(F)cc1)c1ccc(S(N)(=O)=O)c(N)c1. The molecule has 0 spiro atoms. The normalized spacial score (nSPS) is 11.3. The highest BCUT2D eigenvalue weighted by molar-refractivity contribution is 7.89. The number of nitrogen functional groups attached to an aromatic ring is 1. The molecular formula is C13H14FN3O2S. The summed E-state index contributed by atoms with van der Waals surface area (Å²) in [5.74, 6) is -0.328. The first kappa shape index (κ1) is 14.3. The Bertz CT molecular complexity index is 730. The molecule has 2 rings (SSSR count). The van der Waals surface area contributed by atoms with Gasteiger partial charge in [0.15, 0.2) is 0 Å². The predicted octanol–water partition coefficient (Wildman–Crippen LogP) is 1.82. The Morgan fingerprint density at radius 1 is 1.05 bits per heavy atom. The molecule has 0 atom stereocenters. The van der Waals surface area contributed by atoms with E-state index in [1.807, 2.05) is 0 Å². The molecule has 0 aromatic heterocycles. The molecule has 0 unspecified atom stereocenters. The lowest BCUT2D eigenvalue weighted by Crippen LogP contribution is -2.15. The monoisotopic (exact) mass is 295 g/mol. The van der Waals surface area contributed by atoms with E-state index in [2.05, 4.69) is 0 Å². The molecule has 2 aromatic carbocycles. The van der Waals surface area contributed by atoms with Crippen molar-refractivity contribution >= 4 is 27.1 Å². The van der Waals surface area contributed by atoms with E-state index in [1.165, 1.54) is 24.3 Å². The molecule has 0 heterocycles. The van der Waals surface area contributed by atoms with Gasteiger partial charge in [0.25, 0.3) is 0 Å². The van der Waals surface area contributed by atoms with Crippen molar-refractivity contribution in [2.24, 2.45) is 5.14 Å². The van der Waals surface area contributed by atoms with Crippen LogP contribution >= 0.6 is 0 Å². The summed E-state index contributed by atoms with van der Waals surface area (Å²) in [4.78, 5) is 1.64. The number of anilines is 3. The summed E-state index contributed by atoms with van der Waals surface area (Å²) in [5, 5.41) is 5.05. The first-order valence-corrected chi connectivity index (χ1v) is 7.25. The second-order valence-electron chi connectivity index (χ2n) is 4.30. The molecule has 0 fully saturated rings. The van der Waals surface area contributed by atoms with Crippen molar-refractivity contribution in [3.05, 3.63) is 48.3 Å². The fraction of sp³-hybridized carbons (Fsp3) is 0.0769. The van der Waals surface area contributed by atoms with E-state index in [9.17, 15) is 12.8 Å². The van der Waals surface area contributed by atoms with Crippen LogP contribution in [0.15, 0.2) is 47.4 Å². The predicted molar refractivity (Wildman–Crippen MR) is 76.7 cm³/mol. The minimum absolute atomic E-state index is 0.0685. The minimum Gasteiger partial charge on any atom is -0.398 e. The third-order valence-electron chi connectivity index (χ3n) is 2.90. The Hall–Kier alpha value is -2.12. The molecule has 0 saturated heterocycles. The van der Waals surface area contributed by atoms with Crippen molar-refractivity contribution in [1.29, 1.82) is 0 Å². The fourth-order valence-corrected chi connectivity index (χ4v) is 2.46. The van der Waals surface area contributed by atoms with Crippen LogP contribution in [0.4, 0.5) is 21.5 Å². The highest BCUT2D eigenvalue weighted by atomic mass is 32.2. The average molecular weight is 295 g/mol. The van der Waals surface area contributed by atoms with Gasteiger partial charge in [0.1, 0.15) is 10.7 Å². The minimum atomic E-state index is -3.84. The largest absolute Gasteiger partial charge is 0.398 e. The summed E-state index contributed by atoms with van der Waals surface area (Å²) in [6, 6.07) is 10.3. The van der Waals surface area contributed by atoms with Crippen molar-refractivity contribution < 1.29 is 12.8 Å². The smallest absolute Gasteiger partial charge is 0.240 e. The van der Waals surface area contributed by atoms with Gasteiger partial charge in [0.2, 0.25) is 10.0 Å². The third kappa shape index (κ3) is 2.89. The van der Waals surface area contributed by atoms with Crippen LogP contribution in [0.3, 0.4) is 0 Å². The second kappa shape index (κ2) is 5.10. The van der Waals surface area contributed by atoms with E-state index in [0.29, 0.717) is 5.69 Å². The molecule has 106 valence electrons. The van der Waals surface area contributed by atoms with Crippen molar-refractivity contribution in [3.63, 3.8) is 0 Å². The number of hydrogen-bond acceptors (Lipinski definition) is 4. The number of hydrogen-bond donors (Lipinski definition) is 2. The molecule has 0 aliphatic rings. The molecule has 5 nitrogen and oxygen atoms in total. The molecule has 4 N–H and O–H groups in total. The Labute approximate surface area is 116 Å². The van der Waals surface area contributed by atoms with Crippen LogP contribution in [-0.4, -0.2) is 15.5 Å². The lowest BCUT2D eigenvalue weighted by Gasteiger charge is -2.20. The maximum atomic E-state index is 12.9. The molecule has 0 saturated carbocycles. The number of nitrogens with zero attached hydrogens (tertiary/aromatic N) is 1. The second-order valence-corrected chi connectivity index (χ2v) is 5.83. The average Bonchev–Trinajstić information content (AvgIpc) is 2.37. The van der Waals surface area contributed by atoms with Crippen LogP contribution in [0, 0.1) is 5.82 Å². The van der Waals surface area contributed by atoms with E-state index in [0.717, 1.165) is 5.69 Å². The molecule has 0 aliphatic carbocycles. The van der Waals surface area contributed by atoms with Crippen LogP contribution in [0.2, 0.25) is 0 Å². The van der Waals surface area contributed by atoms with Crippen molar-refractivity contribution in [2.45, 2.75) is 4.90 Å². The van der Waals surface area contributed by atoms with Gasteiger partial charge >= 0.3 is 0 Å². The van der Waals surface area contributed by atoms with Crippen molar-refractivity contribution in [1.82, 2.24) is 0 Å². The quantitative estimate of drug-likeness (QED) is 0.845. The Kier molecular flexibility index (Phi) is 3.65. The molecular weight excluding hydrogens is 281 g/mol. The van der Waals surface area contributed by atoms with Gasteiger partial charge in [-0.25, -0.2) is 17.9 Å². The van der Waals surface area contributed by atoms with Gasteiger partial charge in [-0.3, -0.25) is 0 Å². The van der Waals surface area contributed by atoms with Gasteiger partial charge in [0, 0.05) is 18.4 Å². The van der Waals surface area contributed by atoms with Gasteiger partial charge in [-0.15, -0.1) is 0 Å². The molecule has 0 radical (unpaired) electrons. The third-order valence-corrected chi connectivity index (χ3v) is 3.89. The Morgan fingerprint density at radius 2 is 1.60 bits per heavy atom. The lowest BCUT2D eigenvalue weighted by atomic mass is 10.2. The maximum absolute atomic E-state index is 12.9. The molecule has 20 heavy (non-hydrogen) atoms. The van der Waals surface area contributed by atoms with E-state index in [1.54, 1.807) is 30.1 Å². The van der Waals surface area contributed by atoms with Gasteiger partial charge < -0.3 is 10.6 Å². The van der Waals surface area contributed by atoms with Crippen LogP contribution in [0.1, 0.15) is 0 Å². The van der Waals surface area contributed by atoms with E-state index < -0.39 is 10.0 Å². The number of rotatable bonds is 3. The number of sulfonamides is 1. The number of nitrogens with two attached hydrogens (primary N) is 2. The number of benzene rings is 2. The Balaban J connectivity index is 2.39. The lowest BCUT2D eigenvalue weighted by molar-refractivity contribution is 0.598. The zero-order valence-electron chi connectivity index (χ0n) is 10.7. The highest BCUT2D eigenvalue weighted by Gasteiger charge is 2.14. The Morgan fingerprint density at radius 3 is 2.10 bits per heavy atom. The van der Waals surface area contributed by atoms with E-state index in [4.69, 9.17) is 10.9 Å². The van der Waals surface area contributed by atoms with Crippen LogP contribution < -0.4 is 15.8 Å². The molecule has 0 bridgehead atoms. The van der Waals surface area contributed by atoms with Crippen LogP contribution in [0.5, 0.6) is 0 Å². The summed E-state index contributed by atoms with van der Waals surface area (Å²) in [7, 11) is -2.08. The van der Waals surface area contributed by atoms with Crippen LogP contribution in [-0.2, 0) is 10.0 Å². The molecule has 0 aliphatic heterocycles. The highest BCUT2D eigenvalue weighted by Crippen LogP contribution is 2.28. The topological polar surface area (TPSA) is 89.4 Å². The number of halogens is 1. The van der Waals surface area contributed by atoms with Crippen LogP contribution in [0.25, 0.3) is 0 Å². The van der Waals surface area contributed by atoms with Gasteiger partial charge in [-0.05, 0) is 42.5 Å². The summed E-state index contributed by atoms with van der Waals surface area (Å²) < 4.78 is 35.5. The molecule has 2 aromatic rings. The van der Waals surface area contributed by atoms with E-state index >= 15 is 0 Å².